The van der Waals surface area contributed by atoms with Crippen LogP contribution in [0.2, 0.25) is 10.0 Å². The summed E-state index contributed by atoms with van der Waals surface area (Å²) in [6.07, 6.45) is 5.72. The van der Waals surface area contributed by atoms with Crippen molar-refractivity contribution >= 4 is 46.4 Å². The quantitative estimate of drug-likeness (QED) is 0.609. The van der Waals surface area contributed by atoms with Crippen molar-refractivity contribution in [3.8, 4) is 0 Å². The second-order valence-electron chi connectivity index (χ2n) is 6.91. The third kappa shape index (κ3) is 5.88. The van der Waals surface area contributed by atoms with Crippen molar-refractivity contribution in [3.05, 3.63) is 58.1 Å². The van der Waals surface area contributed by atoms with E-state index >= 15 is 0 Å². The topological polar surface area (TPSA) is 70.2 Å². The smallest absolute Gasteiger partial charge is 0.251 e. The van der Waals surface area contributed by atoms with Gasteiger partial charge in [0.2, 0.25) is 5.91 Å². The van der Waals surface area contributed by atoms with Gasteiger partial charge >= 0.3 is 0 Å². The predicted molar refractivity (Wildman–Crippen MR) is 114 cm³/mol. The fourth-order valence-electron chi connectivity index (χ4n) is 3.22. The molecular weight excluding hydrogens is 397 g/mol. The van der Waals surface area contributed by atoms with E-state index in [0.717, 1.165) is 18.5 Å². The molecule has 1 aliphatic carbocycles. The van der Waals surface area contributed by atoms with E-state index in [1.165, 1.54) is 19.3 Å². The molecule has 2 amide bonds. The fourth-order valence-corrected chi connectivity index (χ4v) is 3.68. The first-order valence-electron chi connectivity index (χ1n) is 9.41. The Bertz CT molecular complexity index is 834. The normalized spacial score (nSPS) is 14.4. The molecule has 2 aromatic carbocycles. The highest BCUT2D eigenvalue weighted by Crippen LogP contribution is 2.25. The molecule has 148 valence electrons. The van der Waals surface area contributed by atoms with Crippen LogP contribution >= 0.6 is 23.2 Å². The zero-order valence-corrected chi connectivity index (χ0v) is 16.9. The molecule has 1 saturated carbocycles. The third-order valence-corrected chi connectivity index (χ3v) is 5.29. The summed E-state index contributed by atoms with van der Waals surface area (Å²) < 4.78 is 0. The molecule has 0 saturated heterocycles. The van der Waals surface area contributed by atoms with Crippen LogP contribution in [0.4, 0.5) is 11.4 Å². The van der Waals surface area contributed by atoms with Crippen molar-refractivity contribution < 1.29 is 9.59 Å². The van der Waals surface area contributed by atoms with Crippen molar-refractivity contribution in [1.82, 2.24) is 5.32 Å². The van der Waals surface area contributed by atoms with E-state index in [9.17, 15) is 9.59 Å². The van der Waals surface area contributed by atoms with Crippen molar-refractivity contribution in [1.29, 1.82) is 0 Å². The number of hydrogen-bond donors (Lipinski definition) is 3. The molecule has 0 radical (unpaired) electrons. The van der Waals surface area contributed by atoms with Crippen LogP contribution in [0.3, 0.4) is 0 Å². The number of carbonyl (C=O) groups is 2. The molecule has 7 heteroatoms. The Balaban J connectivity index is 1.48. The molecule has 0 spiro atoms. The van der Waals surface area contributed by atoms with Gasteiger partial charge in [-0.2, -0.15) is 0 Å². The second kappa shape index (κ2) is 9.80. The number of rotatable bonds is 6. The van der Waals surface area contributed by atoms with E-state index < -0.39 is 0 Å². The van der Waals surface area contributed by atoms with Gasteiger partial charge in [0, 0.05) is 22.3 Å². The van der Waals surface area contributed by atoms with E-state index in [1.54, 1.807) is 42.5 Å². The van der Waals surface area contributed by atoms with Crippen molar-refractivity contribution in [2.75, 3.05) is 17.2 Å². The van der Waals surface area contributed by atoms with Gasteiger partial charge in [-0.3, -0.25) is 9.59 Å². The molecule has 5 nitrogen and oxygen atoms in total. The van der Waals surface area contributed by atoms with Gasteiger partial charge in [-0.15, -0.1) is 0 Å². The SMILES string of the molecule is O=C(CNc1ccc(C(=O)NC2CCCCC2)cc1)Nc1ccc(Cl)cc1Cl. The van der Waals surface area contributed by atoms with Gasteiger partial charge in [-0.1, -0.05) is 42.5 Å². The van der Waals surface area contributed by atoms with Crippen LogP contribution in [0, 0.1) is 0 Å². The molecule has 0 unspecified atom stereocenters. The molecular formula is C21H23Cl2N3O2. The van der Waals surface area contributed by atoms with Gasteiger partial charge in [0.15, 0.2) is 0 Å². The standard InChI is InChI=1S/C21H23Cl2N3O2/c22-15-8-11-19(18(23)12-15)26-20(27)13-24-16-9-6-14(7-10-16)21(28)25-17-4-2-1-3-5-17/h6-12,17,24H,1-5,13H2,(H,25,28)(H,26,27). The Morgan fingerprint density at radius 3 is 2.36 bits per heavy atom. The first-order chi connectivity index (χ1) is 13.5. The first-order valence-corrected chi connectivity index (χ1v) is 10.2. The summed E-state index contributed by atoms with van der Waals surface area (Å²) in [5.41, 5.74) is 1.88. The summed E-state index contributed by atoms with van der Waals surface area (Å²) in [5.74, 6) is -0.281. The maximum atomic E-state index is 12.3. The average molecular weight is 420 g/mol. The van der Waals surface area contributed by atoms with Gasteiger partial charge in [-0.05, 0) is 55.3 Å². The molecule has 0 atom stereocenters. The van der Waals surface area contributed by atoms with Crippen LogP contribution in [0.25, 0.3) is 0 Å². The Morgan fingerprint density at radius 1 is 0.964 bits per heavy atom. The summed E-state index contributed by atoms with van der Waals surface area (Å²) in [6.45, 7) is 0.0760. The zero-order chi connectivity index (χ0) is 19.9. The maximum absolute atomic E-state index is 12.3. The molecule has 0 aromatic heterocycles. The lowest BCUT2D eigenvalue weighted by atomic mass is 9.95. The predicted octanol–water partition coefficient (Wildman–Crippen LogP) is 5.11. The molecule has 0 bridgehead atoms. The summed E-state index contributed by atoms with van der Waals surface area (Å²) in [4.78, 5) is 24.4. The molecule has 28 heavy (non-hydrogen) atoms. The average Bonchev–Trinajstić information content (AvgIpc) is 2.70. The number of halogens is 2. The lowest BCUT2D eigenvalue weighted by Crippen LogP contribution is -2.36. The summed E-state index contributed by atoms with van der Waals surface area (Å²) in [7, 11) is 0. The number of anilines is 2. The van der Waals surface area contributed by atoms with Gasteiger partial charge in [0.1, 0.15) is 0 Å². The number of carbonyl (C=O) groups excluding carboxylic acids is 2. The molecule has 3 N–H and O–H groups in total. The molecule has 0 heterocycles. The van der Waals surface area contributed by atoms with Crippen molar-refractivity contribution in [2.24, 2.45) is 0 Å². The minimum absolute atomic E-state index is 0.0476. The van der Waals surface area contributed by atoms with Crippen LogP contribution in [-0.4, -0.2) is 24.4 Å². The highest BCUT2D eigenvalue weighted by atomic mass is 35.5. The minimum Gasteiger partial charge on any atom is -0.376 e. The highest BCUT2D eigenvalue weighted by molar-refractivity contribution is 6.36. The van der Waals surface area contributed by atoms with Crippen molar-refractivity contribution in [2.45, 2.75) is 38.1 Å². The lowest BCUT2D eigenvalue weighted by molar-refractivity contribution is -0.114. The van der Waals surface area contributed by atoms with Gasteiger partial charge in [-0.25, -0.2) is 0 Å². The monoisotopic (exact) mass is 419 g/mol. The summed E-state index contributed by atoms with van der Waals surface area (Å²) >= 11 is 11.9. The number of amides is 2. The third-order valence-electron chi connectivity index (χ3n) is 4.75. The van der Waals surface area contributed by atoms with Crippen LogP contribution < -0.4 is 16.0 Å². The summed E-state index contributed by atoms with van der Waals surface area (Å²) in [5, 5.41) is 9.74. The molecule has 2 aromatic rings. The van der Waals surface area contributed by atoms with Crippen LogP contribution in [0.5, 0.6) is 0 Å². The highest BCUT2D eigenvalue weighted by Gasteiger charge is 2.16. The van der Waals surface area contributed by atoms with Crippen LogP contribution in [-0.2, 0) is 4.79 Å². The molecule has 3 rings (SSSR count). The number of benzene rings is 2. The van der Waals surface area contributed by atoms with E-state index in [2.05, 4.69) is 16.0 Å². The van der Waals surface area contributed by atoms with E-state index in [1.807, 2.05) is 0 Å². The fraction of sp³-hybridized carbons (Fsp3) is 0.333. The number of hydrogen-bond acceptors (Lipinski definition) is 3. The largest absolute Gasteiger partial charge is 0.376 e. The Kier molecular flexibility index (Phi) is 7.18. The summed E-state index contributed by atoms with van der Waals surface area (Å²) in [6, 6.07) is 12.3. The maximum Gasteiger partial charge on any atom is 0.251 e. The number of nitrogens with one attached hydrogen (secondary N) is 3. The van der Waals surface area contributed by atoms with E-state index in [4.69, 9.17) is 23.2 Å². The van der Waals surface area contributed by atoms with Gasteiger partial charge in [0.25, 0.3) is 5.91 Å². The molecule has 1 aliphatic rings. The zero-order valence-electron chi connectivity index (χ0n) is 15.4. The Morgan fingerprint density at radius 2 is 1.68 bits per heavy atom. The van der Waals surface area contributed by atoms with Crippen LogP contribution in [0.15, 0.2) is 42.5 Å². The molecule has 0 aliphatic heterocycles. The van der Waals surface area contributed by atoms with Gasteiger partial charge < -0.3 is 16.0 Å². The molecule has 1 fully saturated rings. The van der Waals surface area contributed by atoms with Crippen LogP contribution in [0.1, 0.15) is 42.5 Å². The van der Waals surface area contributed by atoms with E-state index in [0.29, 0.717) is 21.3 Å². The lowest BCUT2D eigenvalue weighted by Gasteiger charge is -2.22. The van der Waals surface area contributed by atoms with E-state index in [-0.39, 0.29) is 24.4 Å². The first kappa shape index (κ1) is 20.5. The minimum atomic E-state index is -0.233. The van der Waals surface area contributed by atoms with Crippen molar-refractivity contribution in [3.63, 3.8) is 0 Å². The Hall–Kier alpha value is -2.24. The van der Waals surface area contributed by atoms with Gasteiger partial charge in [0.05, 0.1) is 17.3 Å². The Labute approximate surface area is 174 Å². The second-order valence-corrected chi connectivity index (χ2v) is 7.76.